The summed E-state index contributed by atoms with van der Waals surface area (Å²) < 4.78 is 0. The average Bonchev–Trinajstić information content (AvgIpc) is 3.22. The summed E-state index contributed by atoms with van der Waals surface area (Å²) >= 11 is 0. The van der Waals surface area contributed by atoms with E-state index in [9.17, 15) is 9.59 Å². The van der Waals surface area contributed by atoms with Crippen LogP contribution in [-0.2, 0) is 16.1 Å². The van der Waals surface area contributed by atoms with E-state index in [-0.39, 0.29) is 24.2 Å². The lowest BCUT2D eigenvalue weighted by molar-refractivity contribution is -0.126. The third kappa shape index (κ3) is 3.48. The van der Waals surface area contributed by atoms with Gasteiger partial charge in [-0.05, 0) is 23.6 Å². The van der Waals surface area contributed by atoms with E-state index >= 15 is 0 Å². The second-order valence-electron chi connectivity index (χ2n) is 6.41. The second-order valence-corrected chi connectivity index (χ2v) is 6.41. The first-order chi connectivity index (χ1) is 11.5. The largest absolute Gasteiger partial charge is 0.349 e. The van der Waals surface area contributed by atoms with Gasteiger partial charge in [0.2, 0.25) is 11.8 Å². The minimum atomic E-state index is -0.322. The van der Waals surface area contributed by atoms with E-state index in [4.69, 9.17) is 0 Å². The molecule has 1 aromatic carbocycles. The molecule has 1 saturated heterocycles. The van der Waals surface area contributed by atoms with Gasteiger partial charge in [0.25, 0.3) is 0 Å². The van der Waals surface area contributed by atoms with Crippen molar-refractivity contribution in [1.82, 2.24) is 15.3 Å². The molecule has 0 saturated carbocycles. The van der Waals surface area contributed by atoms with Crippen molar-refractivity contribution in [3.05, 3.63) is 48.0 Å². The van der Waals surface area contributed by atoms with E-state index in [1.54, 1.807) is 17.3 Å². The Morgan fingerprint density at radius 3 is 2.75 bits per heavy atom. The first-order valence-electron chi connectivity index (χ1n) is 8.21. The summed E-state index contributed by atoms with van der Waals surface area (Å²) in [6.45, 7) is 5.04. The summed E-state index contributed by atoms with van der Waals surface area (Å²) in [5, 5.41) is 2.83. The Kier molecular flexibility index (Phi) is 4.64. The zero-order chi connectivity index (χ0) is 17.1. The van der Waals surface area contributed by atoms with Crippen molar-refractivity contribution in [2.24, 2.45) is 5.92 Å². The third-order valence-corrected chi connectivity index (χ3v) is 4.35. The molecule has 1 atom stereocenters. The van der Waals surface area contributed by atoms with E-state index in [0.29, 0.717) is 24.8 Å². The molecule has 126 valence electrons. The van der Waals surface area contributed by atoms with E-state index < -0.39 is 0 Å². The number of H-pyrrole nitrogens is 1. The first-order valence-corrected chi connectivity index (χ1v) is 8.21. The molecule has 0 radical (unpaired) electrons. The lowest BCUT2D eigenvalue weighted by Gasteiger charge is -2.17. The molecule has 1 aliphatic heterocycles. The molecule has 6 heteroatoms. The highest BCUT2D eigenvalue weighted by Crippen LogP contribution is 2.27. The molecule has 1 fully saturated rings. The Hall–Kier alpha value is -2.63. The highest BCUT2D eigenvalue weighted by Gasteiger charge is 2.35. The zero-order valence-corrected chi connectivity index (χ0v) is 14.0. The van der Waals surface area contributed by atoms with Crippen LogP contribution in [0.15, 0.2) is 36.7 Å². The van der Waals surface area contributed by atoms with Gasteiger partial charge in [0.1, 0.15) is 5.82 Å². The summed E-state index contributed by atoms with van der Waals surface area (Å²) in [4.78, 5) is 33.2. The van der Waals surface area contributed by atoms with Crippen LogP contribution in [0.25, 0.3) is 0 Å². The number of imidazole rings is 1. The van der Waals surface area contributed by atoms with Crippen molar-refractivity contribution in [3.63, 3.8) is 0 Å². The van der Waals surface area contributed by atoms with Crippen molar-refractivity contribution < 1.29 is 9.59 Å². The Bertz CT molecular complexity index is 707. The fourth-order valence-corrected chi connectivity index (χ4v) is 2.88. The highest BCUT2D eigenvalue weighted by atomic mass is 16.2. The minimum absolute atomic E-state index is 0.00885. The fourth-order valence-electron chi connectivity index (χ4n) is 2.88. The number of anilines is 1. The molecule has 1 aromatic heterocycles. The van der Waals surface area contributed by atoms with Gasteiger partial charge >= 0.3 is 0 Å². The monoisotopic (exact) mass is 326 g/mol. The molecular formula is C18H22N4O2. The predicted octanol–water partition coefficient (Wildman–Crippen LogP) is 2.20. The molecule has 2 heterocycles. The van der Waals surface area contributed by atoms with Crippen molar-refractivity contribution in [1.29, 1.82) is 0 Å². The van der Waals surface area contributed by atoms with Gasteiger partial charge in [0.15, 0.2) is 0 Å². The van der Waals surface area contributed by atoms with Gasteiger partial charge in [-0.15, -0.1) is 0 Å². The predicted molar refractivity (Wildman–Crippen MR) is 91.4 cm³/mol. The van der Waals surface area contributed by atoms with E-state index in [1.807, 2.05) is 24.3 Å². The molecule has 3 rings (SSSR count). The van der Waals surface area contributed by atoms with E-state index in [0.717, 1.165) is 5.69 Å². The molecule has 0 aliphatic carbocycles. The molecule has 2 N–H and O–H groups in total. The van der Waals surface area contributed by atoms with Gasteiger partial charge in [0.05, 0.1) is 12.5 Å². The first kappa shape index (κ1) is 16.2. The number of carbonyl (C=O) groups excluding carboxylic acids is 2. The van der Waals surface area contributed by atoms with Crippen LogP contribution >= 0.6 is 0 Å². The number of rotatable bonds is 5. The van der Waals surface area contributed by atoms with Crippen molar-refractivity contribution in [2.45, 2.75) is 32.7 Å². The lowest BCUT2D eigenvalue weighted by atomic mass is 10.0. The van der Waals surface area contributed by atoms with Crippen LogP contribution in [0.5, 0.6) is 0 Å². The number of hydrogen-bond donors (Lipinski definition) is 2. The van der Waals surface area contributed by atoms with E-state index in [2.05, 4.69) is 29.1 Å². The van der Waals surface area contributed by atoms with Gasteiger partial charge in [-0.1, -0.05) is 26.0 Å². The summed E-state index contributed by atoms with van der Waals surface area (Å²) in [5.41, 5.74) is 2.09. The van der Waals surface area contributed by atoms with Gasteiger partial charge < -0.3 is 15.2 Å². The number of benzene rings is 1. The number of nitrogens with zero attached hydrogens (tertiary/aromatic N) is 2. The van der Waals surface area contributed by atoms with E-state index in [1.165, 1.54) is 5.56 Å². The van der Waals surface area contributed by atoms with Crippen LogP contribution in [0.1, 0.15) is 37.6 Å². The number of aromatic amines is 1. The average molecular weight is 326 g/mol. The summed E-state index contributed by atoms with van der Waals surface area (Å²) in [7, 11) is 0. The molecular weight excluding hydrogens is 304 g/mol. The van der Waals surface area contributed by atoms with Gasteiger partial charge in [-0.2, -0.15) is 0 Å². The third-order valence-electron chi connectivity index (χ3n) is 4.35. The number of aromatic nitrogens is 2. The maximum Gasteiger partial charge on any atom is 0.227 e. The maximum absolute atomic E-state index is 12.3. The molecule has 2 aromatic rings. The lowest BCUT2D eigenvalue weighted by Crippen LogP contribution is -2.32. The van der Waals surface area contributed by atoms with Crippen molar-refractivity contribution in [2.75, 3.05) is 11.4 Å². The van der Waals surface area contributed by atoms with Crippen LogP contribution in [0.4, 0.5) is 5.69 Å². The highest BCUT2D eigenvalue weighted by molar-refractivity contribution is 6.00. The van der Waals surface area contributed by atoms with Gasteiger partial charge in [-0.25, -0.2) is 4.98 Å². The smallest absolute Gasteiger partial charge is 0.227 e. The minimum Gasteiger partial charge on any atom is -0.349 e. The zero-order valence-electron chi connectivity index (χ0n) is 14.0. The summed E-state index contributed by atoms with van der Waals surface area (Å²) in [6.07, 6.45) is 3.60. The molecule has 1 unspecified atom stereocenters. The Balaban J connectivity index is 1.61. The molecule has 2 amide bonds. The number of hydrogen-bond acceptors (Lipinski definition) is 3. The number of amides is 2. The van der Waals surface area contributed by atoms with Crippen LogP contribution < -0.4 is 10.2 Å². The fraction of sp³-hybridized carbons (Fsp3) is 0.389. The van der Waals surface area contributed by atoms with Gasteiger partial charge in [0, 0.05) is 31.0 Å². The Labute approximate surface area is 141 Å². The SMILES string of the molecule is CC(C)c1ccc(N2CC(C(=O)NCc3ncc[nH]3)CC2=O)cc1. The standard InChI is InChI=1S/C18H22N4O2/c1-12(2)13-3-5-15(6-4-13)22-11-14(9-17(22)23)18(24)21-10-16-19-7-8-20-16/h3-8,12,14H,9-11H2,1-2H3,(H,19,20)(H,21,24). The molecule has 0 spiro atoms. The molecule has 6 nitrogen and oxygen atoms in total. The van der Waals surface area contributed by atoms with Crippen LogP contribution in [0.3, 0.4) is 0 Å². The molecule has 1 aliphatic rings. The maximum atomic E-state index is 12.3. The van der Waals surface area contributed by atoms with Crippen LogP contribution in [-0.4, -0.2) is 28.3 Å². The Morgan fingerprint density at radius 1 is 1.38 bits per heavy atom. The second kappa shape index (κ2) is 6.86. The van der Waals surface area contributed by atoms with Crippen LogP contribution in [0, 0.1) is 5.92 Å². The number of nitrogens with one attached hydrogen (secondary N) is 2. The molecule has 0 bridgehead atoms. The topological polar surface area (TPSA) is 78.1 Å². The number of carbonyl (C=O) groups is 2. The summed E-state index contributed by atoms with van der Waals surface area (Å²) in [5.74, 6) is 0.714. The van der Waals surface area contributed by atoms with Crippen molar-refractivity contribution in [3.8, 4) is 0 Å². The van der Waals surface area contributed by atoms with Gasteiger partial charge in [-0.3, -0.25) is 9.59 Å². The van der Waals surface area contributed by atoms with Crippen molar-refractivity contribution >= 4 is 17.5 Å². The van der Waals surface area contributed by atoms with Crippen LogP contribution in [0.2, 0.25) is 0 Å². The Morgan fingerprint density at radius 2 is 2.12 bits per heavy atom. The molecule has 24 heavy (non-hydrogen) atoms. The normalized spacial score (nSPS) is 17.5. The quantitative estimate of drug-likeness (QED) is 0.884. The summed E-state index contributed by atoms with van der Waals surface area (Å²) in [6, 6.07) is 7.99.